The molecule has 27 heavy (non-hydrogen) atoms. The molecule has 138 valence electrons. The minimum atomic E-state index is -0.380. The largest absolute Gasteiger partial charge is 0.351 e. The molecule has 0 radical (unpaired) electrons. The lowest BCUT2D eigenvalue weighted by molar-refractivity contribution is 0.628. The third-order valence-corrected chi connectivity index (χ3v) is 4.90. The molecule has 1 aliphatic carbocycles. The number of hydrogen-bond donors (Lipinski definition) is 2. The Kier molecular flexibility index (Phi) is 5.16. The molecule has 0 spiro atoms. The molecule has 0 bridgehead atoms. The van der Waals surface area contributed by atoms with Crippen LogP contribution in [0.25, 0.3) is 11.3 Å². The van der Waals surface area contributed by atoms with Crippen molar-refractivity contribution >= 4 is 29.1 Å². The Labute approximate surface area is 162 Å². The van der Waals surface area contributed by atoms with Crippen LogP contribution >= 0.6 is 11.6 Å². The second-order valence-corrected chi connectivity index (χ2v) is 6.98. The predicted molar refractivity (Wildman–Crippen MR) is 106 cm³/mol. The number of pyridine rings is 1. The standard InChI is InChI=1S/C20H19ClFN5/c21-16-11-14(22)5-6-17(16)25-19-12-18(13-7-9-23-10-8-13)26-20(27-19)24-15-3-1-2-4-15/h5-12,15H,1-4H2,(H2,24,25,26,27). The number of benzene rings is 1. The van der Waals surface area contributed by atoms with E-state index in [1.54, 1.807) is 18.5 Å². The van der Waals surface area contributed by atoms with Gasteiger partial charge in [0.1, 0.15) is 11.6 Å². The van der Waals surface area contributed by atoms with Crippen LogP contribution in [-0.2, 0) is 0 Å². The summed E-state index contributed by atoms with van der Waals surface area (Å²) >= 11 is 6.14. The summed E-state index contributed by atoms with van der Waals surface area (Å²) in [6.07, 6.45) is 8.14. The third-order valence-electron chi connectivity index (χ3n) is 4.58. The second-order valence-electron chi connectivity index (χ2n) is 6.57. The van der Waals surface area contributed by atoms with Gasteiger partial charge < -0.3 is 10.6 Å². The maximum atomic E-state index is 13.3. The highest BCUT2D eigenvalue weighted by Crippen LogP contribution is 2.29. The predicted octanol–water partition coefficient (Wildman–Crippen LogP) is 5.43. The topological polar surface area (TPSA) is 62.7 Å². The molecule has 5 nitrogen and oxygen atoms in total. The van der Waals surface area contributed by atoms with Crippen molar-refractivity contribution in [3.8, 4) is 11.3 Å². The molecule has 7 heteroatoms. The summed E-state index contributed by atoms with van der Waals surface area (Å²) in [7, 11) is 0. The number of nitrogens with zero attached hydrogens (tertiary/aromatic N) is 3. The Balaban J connectivity index is 1.68. The van der Waals surface area contributed by atoms with Gasteiger partial charge in [-0.2, -0.15) is 4.98 Å². The van der Waals surface area contributed by atoms with Gasteiger partial charge >= 0.3 is 0 Å². The highest BCUT2D eigenvalue weighted by Gasteiger charge is 2.17. The highest BCUT2D eigenvalue weighted by atomic mass is 35.5. The maximum absolute atomic E-state index is 13.3. The molecule has 1 aliphatic rings. The van der Waals surface area contributed by atoms with Crippen LogP contribution in [0.15, 0.2) is 48.8 Å². The Morgan fingerprint density at radius 1 is 1.00 bits per heavy atom. The summed E-state index contributed by atoms with van der Waals surface area (Å²) in [4.78, 5) is 13.3. The Bertz CT molecular complexity index is 929. The van der Waals surface area contributed by atoms with Crippen molar-refractivity contribution in [2.75, 3.05) is 10.6 Å². The van der Waals surface area contributed by atoms with Crippen molar-refractivity contribution in [1.82, 2.24) is 15.0 Å². The fourth-order valence-corrected chi connectivity index (χ4v) is 3.44. The molecule has 2 N–H and O–H groups in total. The zero-order chi connectivity index (χ0) is 18.6. The van der Waals surface area contributed by atoms with Crippen LogP contribution in [0.1, 0.15) is 25.7 Å². The van der Waals surface area contributed by atoms with E-state index >= 15 is 0 Å². The molecule has 2 aromatic heterocycles. The van der Waals surface area contributed by atoms with E-state index in [4.69, 9.17) is 11.6 Å². The molecule has 0 unspecified atom stereocenters. The van der Waals surface area contributed by atoms with Crippen molar-refractivity contribution in [2.24, 2.45) is 0 Å². The van der Waals surface area contributed by atoms with E-state index < -0.39 is 0 Å². The van der Waals surface area contributed by atoms with Crippen molar-refractivity contribution in [2.45, 2.75) is 31.7 Å². The van der Waals surface area contributed by atoms with Crippen LogP contribution in [0.5, 0.6) is 0 Å². The van der Waals surface area contributed by atoms with Crippen LogP contribution in [0.3, 0.4) is 0 Å². The number of aromatic nitrogens is 3. The van der Waals surface area contributed by atoms with E-state index in [0.717, 1.165) is 24.1 Å². The summed E-state index contributed by atoms with van der Waals surface area (Å²) in [6.45, 7) is 0. The Morgan fingerprint density at radius 2 is 1.78 bits per heavy atom. The molecule has 1 saturated carbocycles. The van der Waals surface area contributed by atoms with Gasteiger partial charge in [0, 0.05) is 30.1 Å². The number of halogens is 2. The number of anilines is 3. The van der Waals surface area contributed by atoms with Crippen molar-refractivity contribution < 1.29 is 4.39 Å². The van der Waals surface area contributed by atoms with E-state index in [1.165, 1.54) is 25.0 Å². The number of rotatable bonds is 5. The summed E-state index contributed by atoms with van der Waals surface area (Å²) in [6, 6.07) is 10.3. The summed E-state index contributed by atoms with van der Waals surface area (Å²) in [5, 5.41) is 6.90. The molecule has 1 aromatic carbocycles. The Hall–Kier alpha value is -2.73. The minimum absolute atomic E-state index is 0.296. The van der Waals surface area contributed by atoms with E-state index in [0.29, 0.717) is 28.5 Å². The fourth-order valence-electron chi connectivity index (χ4n) is 3.23. The van der Waals surface area contributed by atoms with E-state index in [2.05, 4.69) is 25.6 Å². The lowest BCUT2D eigenvalue weighted by Crippen LogP contribution is -2.17. The molecular formula is C20H19ClFN5. The average Bonchev–Trinajstić information content (AvgIpc) is 3.18. The molecule has 0 aliphatic heterocycles. The molecule has 0 atom stereocenters. The molecule has 0 saturated heterocycles. The normalized spacial score (nSPS) is 14.3. The van der Waals surface area contributed by atoms with Gasteiger partial charge in [0.25, 0.3) is 0 Å². The zero-order valence-electron chi connectivity index (χ0n) is 14.6. The SMILES string of the molecule is Fc1ccc(Nc2cc(-c3ccncc3)nc(NC3CCCC3)n2)c(Cl)c1. The summed E-state index contributed by atoms with van der Waals surface area (Å²) in [5.74, 6) is 0.775. The molecule has 0 amide bonds. The van der Waals surface area contributed by atoms with Crippen LogP contribution in [0.2, 0.25) is 5.02 Å². The van der Waals surface area contributed by atoms with Crippen molar-refractivity contribution in [3.63, 3.8) is 0 Å². The van der Waals surface area contributed by atoms with Crippen molar-refractivity contribution in [3.05, 3.63) is 59.6 Å². The van der Waals surface area contributed by atoms with Gasteiger partial charge in [-0.25, -0.2) is 9.37 Å². The fraction of sp³-hybridized carbons (Fsp3) is 0.250. The lowest BCUT2D eigenvalue weighted by atomic mass is 10.2. The smallest absolute Gasteiger partial charge is 0.225 e. The van der Waals surface area contributed by atoms with Crippen molar-refractivity contribution in [1.29, 1.82) is 0 Å². The van der Waals surface area contributed by atoms with Crippen LogP contribution in [0.4, 0.5) is 21.8 Å². The first-order chi connectivity index (χ1) is 13.2. The van der Waals surface area contributed by atoms with Gasteiger partial charge in [0.15, 0.2) is 0 Å². The second kappa shape index (κ2) is 7.88. The van der Waals surface area contributed by atoms with E-state index in [-0.39, 0.29) is 5.82 Å². The van der Waals surface area contributed by atoms with Gasteiger partial charge in [-0.05, 0) is 43.2 Å². The number of nitrogens with one attached hydrogen (secondary N) is 2. The third kappa shape index (κ3) is 4.34. The first-order valence-electron chi connectivity index (χ1n) is 8.95. The van der Waals surface area contributed by atoms with Gasteiger partial charge in [0.05, 0.1) is 16.4 Å². The van der Waals surface area contributed by atoms with Gasteiger partial charge in [-0.1, -0.05) is 24.4 Å². The van der Waals surface area contributed by atoms with E-state index in [9.17, 15) is 4.39 Å². The number of hydrogen-bond acceptors (Lipinski definition) is 5. The highest BCUT2D eigenvalue weighted by molar-refractivity contribution is 6.33. The molecule has 2 heterocycles. The van der Waals surface area contributed by atoms with E-state index in [1.807, 2.05) is 18.2 Å². The first kappa shape index (κ1) is 17.7. The Morgan fingerprint density at radius 3 is 2.52 bits per heavy atom. The molecular weight excluding hydrogens is 365 g/mol. The monoisotopic (exact) mass is 383 g/mol. The van der Waals surface area contributed by atoms with Crippen LogP contribution < -0.4 is 10.6 Å². The minimum Gasteiger partial charge on any atom is -0.351 e. The quantitative estimate of drug-likeness (QED) is 0.615. The van der Waals surface area contributed by atoms with Crippen LogP contribution in [0, 0.1) is 5.82 Å². The maximum Gasteiger partial charge on any atom is 0.225 e. The molecule has 3 aromatic rings. The van der Waals surface area contributed by atoms with Crippen LogP contribution in [-0.4, -0.2) is 21.0 Å². The first-order valence-corrected chi connectivity index (χ1v) is 9.33. The summed E-state index contributed by atoms with van der Waals surface area (Å²) in [5.41, 5.74) is 2.30. The summed E-state index contributed by atoms with van der Waals surface area (Å²) < 4.78 is 13.3. The van der Waals surface area contributed by atoms with Gasteiger partial charge in [-0.15, -0.1) is 0 Å². The van der Waals surface area contributed by atoms with Gasteiger partial charge in [-0.3, -0.25) is 4.98 Å². The zero-order valence-corrected chi connectivity index (χ0v) is 15.4. The molecule has 4 rings (SSSR count). The molecule has 1 fully saturated rings. The van der Waals surface area contributed by atoms with Gasteiger partial charge in [0.2, 0.25) is 5.95 Å². The lowest BCUT2D eigenvalue weighted by Gasteiger charge is -2.15. The average molecular weight is 384 g/mol.